The number of ketones is 1. The van der Waals surface area contributed by atoms with Crippen LogP contribution < -0.4 is 4.90 Å². The number of halogens is 3. The summed E-state index contributed by atoms with van der Waals surface area (Å²) in [6.07, 6.45) is -1.07. The lowest BCUT2D eigenvalue weighted by molar-refractivity contribution is -0.137. The van der Waals surface area contributed by atoms with E-state index in [-0.39, 0.29) is 36.9 Å². The summed E-state index contributed by atoms with van der Waals surface area (Å²) in [5.74, 6) is -0.0565. The molecule has 0 amide bonds. The minimum Gasteiger partial charge on any atom is -0.369 e. The van der Waals surface area contributed by atoms with E-state index >= 15 is 0 Å². The molecule has 0 spiro atoms. The number of benzene rings is 2. The molecule has 2 aromatic carbocycles. The van der Waals surface area contributed by atoms with E-state index in [2.05, 4.69) is 0 Å². The molecule has 0 unspecified atom stereocenters. The molecule has 0 saturated carbocycles. The third kappa shape index (κ3) is 5.54. The van der Waals surface area contributed by atoms with Crippen LogP contribution in [0, 0.1) is 0 Å². The van der Waals surface area contributed by atoms with Crippen LogP contribution in [-0.4, -0.2) is 44.7 Å². The van der Waals surface area contributed by atoms with Crippen LogP contribution in [0.25, 0.3) is 6.08 Å². The Kier molecular flexibility index (Phi) is 6.86. The van der Waals surface area contributed by atoms with Crippen molar-refractivity contribution in [3.8, 4) is 0 Å². The summed E-state index contributed by atoms with van der Waals surface area (Å²) in [7, 11) is -3.76. The second-order valence-electron chi connectivity index (χ2n) is 7.16. The standard InChI is InChI=1S/C22H23F3N2O3S/c1-2-20(28)10-9-17-5-3-8-21(15-17)31(29,30)27-13-11-26(12-14-27)19-7-4-6-18(16-19)22(23,24)25/h3-10,15-16H,2,11-14H2,1H3/b10-9+. The van der Waals surface area contributed by atoms with Crippen LogP contribution in [-0.2, 0) is 21.0 Å². The molecule has 0 radical (unpaired) electrons. The lowest BCUT2D eigenvalue weighted by atomic mass is 10.1. The SMILES string of the molecule is CCC(=O)/C=C/c1cccc(S(=O)(=O)N2CCN(c3cccc(C(F)(F)F)c3)CC2)c1. The number of carbonyl (C=O) groups is 1. The molecular weight excluding hydrogens is 429 g/mol. The van der Waals surface area contributed by atoms with E-state index in [0.29, 0.717) is 17.7 Å². The van der Waals surface area contributed by atoms with E-state index in [1.54, 1.807) is 36.1 Å². The van der Waals surface area contributed by atoms with Crippen LogP contribution in [0.3, 0.4) is 0 Å². The van der Waals surface area contributed by atoms with Crippen LogP contribution >= 0.6 is 0 Å². The Hall–Kier alpha value is -2.65. The van der Waals surface area contributed by atoms with Crippen molar-refractivity contribution in [2.45, 2.75) is 24.4 Å². The van der Waals surface area contributed by atoms with E-state index in [9.17, 15) is 26.4 Å². The predicted octanol–water partition coefficient (Wildman–Crippen LogP) is 4.21. The second kappa shape index (κ2) is 9.23. The average Bonchev–Trinajstić information content (AvgIpc) is 2.77. The molecule has 0 N–H and O–H groups in total. The highest BCUT2D eigenvalue weighted by atomic mass is 32.2. The van der Waals surface area contributed by atoms with Crippen molar-refractivity contribution >= 4 is 27.6 Å². The third-order valence-electron chi connectivity index (χ3n) is 5.08. The zero-order chi connectivity index (χ0) is 22.6. The fraction of sp³-hybridized carbons (Fsp3) is 0.318. The average molecular weight is 452 g/mol. The maximum absolute atomic E-state index is 13.0. The fourth-order valence-electron chi connectivity index (χ4n) is 3.30. The summed E-state index contributed by atoms with van der Waals surface area (Å²) < 4.78 is 66.3. The molecule has 0 aromatic heterocycles. The molecular formula is C22H23F3N2O3S. The van der Waals surface area contributed by atoms with Crippen molar-refractivity contribution in [2.75, 3.05) is 31.1 Å². The number of rotatable bonds is 6. The molecule has 9 heteroatoms. The quantitative estimate of drug-likeness (QED) is 0.617. The third-order valence-corrected chi connectivity index (χ3v) is 6.98. The normalized spacial score (nSPS) is 16.1. The van der Waals surface area contributed by atoms with Crippen molar-refractivity contribution in [1.29, 1.82) is 0 Å². The summed E-state index contributed by atoms with van der Waals surface area (Å²) in [6.45, 7) is 2.63. The number of allylic oxidation sites excluding steroid dienone is 1. The largest absolute Gasteiger partial charge is 0.416 e. The molecule has 1 aliphatic heterocycles. The van der Waals surface area contributed by atoms with Gasteiger partial charge < -0.3 is 4.90 Å². The molecule has 0 aliphatic carbocycles. The van der Waals surface area contributed by atoms with E-state index in [1.807, 2.05) is 0 Å². The van der Waals surface area contributed by atoms with Gasteiger partial charge in [0.25, 0.3) is 0 Å². The van der Waals surface area contributed by atoms with Gasteiger partial charge in [-0.3, -0.25) is 4.79 Å². The lowest BCUT2D eigenvalue weighted by Gasteiger charge is -2.35. The Balaban J connectivity index is 1.72. The minimum atomic E-state index is -4.43. The lowest BCUT2D eigenvalue weighted by Crippen LogP contribution is -2.48. The number of piperazine rings is 1. The Morgan fingerprint density at radius 3 is 2.35 bits per heavy atom. The Labute approximate surface area is 179 Å². The Morgan fingerprint density at radius 2 is 1.71 bits per heavy atom. The molecule has 5 nitrogen and oxygen atoms in total. The van der Waals surface area contributed by atoms with Gasteiger partial charge >= 0.3 is 6.18 Å². The monoisotopic (exact) mass is 452 g/mol. The molecule has 1 aliphatic rings. The smallest absolute Gasteiger partial charge is 0.369 e. The van der Waals surface area contributed by atoms with Crippen LogP contribution in [0.2, 0.25) is 0 Å². The summed E-state index contributed by atoms with van der Waals surface area (Å²) in [6, 6.07) is 11.4. The van der Waals surface area contributed by atoms with Crippen LogP contribution in [0.1, 0.15) is 24.5 Å². The van der Waals surface area contributed by atoms with Crippen LogP contribution in [0.15, 0.2) is 59.5 Å². The van der Waals surface area contributed by atoms with E-state index < -0.39 is 21.8 Å². The van der Waals surface area contributed by atoms with E-state index in [0.717, 1.165) is 12.1 Å². The zero-order valence-electron chi connectivity index (χ0n) is 17.0. The van der Waals surface area contributed by atoms with Crippen molar-refractivity contribution < 1.29 is 26.4 Å². The van der Waals surface area contributed by atoms with Crippen molar-refractivity contribution in [1.82, 2.24) is 4.31 Å². The molecule has 31 heavy (non-hydrogen) atoms. The van der Waals surface area contributed by atoms with E-state index in [4.69, 9.17) is 0 Å². The summed E-state index contributed by atoms with van der Waals surface area (Å²) >= 11 is 0. The summed E-state index contributed by atoms with van der Waals surface area (Å²) in [5.41, 5.74) is 0.288. The highest BCUT2D eigenvalue weighted by molar-refractivity contribution is 7.89. The summed E-state index contributed by atoms with van der Waals surface area (Å²) in [5, 5.41) is 0. The van der Waals surface area contributed by atoms with Crippen LogP contribution in [0.5, 0.6) is 0 Å². The number of hydrogen-bond donors (Lipinski definition) is 0. The fourth-order valence-corrected chi connectivity index (χ4v) is 4.78. The van der Waals surface area contributed by atoms with Crippen LogP contribution in [0.4, 0.5) is 18.9 Å². The number of carbonyl (C=O) groups excluding carboxylic acids is 1. The molecule has 166 valence electrons. The second-order valence-corrected chi connectivity index (χ2v) is 9.10. The van der Waals surface area contributed by atoms with Gasteiger partial charge in [-0.1, -0.05) is 31.2 Å². The van der Waals surface area contributed by atoms with Crippen molar-refractivity contribution in [3.05, 3.63) is 65.7 Å². The van der Waals surface area contributed by atoms with Gasteiger partial charge in [0.15, 0.2) is 5.78 Å². The van der Waals surface area contributed by atoms with Gasteiger partial charge in [-0.05, 0) is 42.0 Å². The number of anilines is 1. The van der Waals surface area contributed by atoms with Gasteiger partial charge in [-0.2, -0.15) is 17.5 Å². The number of nitrogens with zero attached hydrogens (tertiary/aromatic N) is 2. The van der Waals surface area contributed by atoms with Gasteiger partial charge in [-0.25, -0.2) is 8.42 Å². The maximum atomic E-state index is 13.0. The Morgan fingerprint density at radius 1 is 1.03 bits per heavy atom. The molecule has 0 atom stereocenters. The molecule has 1 heterocycles. The topological polar surface area (TPSA) is 57.7 Å². The highest BCUT2D eigenvalue weighted by Gasteiger charge is 2.32. The number of sulfonamides is 1. The molecule has 1 fully saturated rings. The summed E-state index contributed by atoms with van der Waals surface area (Å²) in [4.78, 5) is 13.3. The van der Waals surface area contributed by atoms with Gasteiger partial charge in [0.1, 0.15) is 0 Å². The first kappa shape index (κ1) is 23.0. The molecule has 3 rings (SSSR count). The molecule has 1 saturated heterocycles. The van der Waals surface area contributed by atoms with Gasteiger partial charge in [0.05, 0.1) is 10.5 Å². The van der Waals surface area contributed by atoms with Gasteiger partial charge in [0.2, 0.25) is 10.0 Å². The first-order valence-electron chi connectivity index (χ1n) is 9.84. The first-order valence-corrected chi connectivity index (χ1v) is 11.3. The molecule has 2 aromatic rings. The minimum absolute atomic E-state index is 0.0565. The van der Waals surface area contributed by atoms with Gasteiger partial charge in [-0.15, -0.1) is 0 Å². The van der Waals surface area contributed by atoms with Crippen molar-refractivity contribution in [3.63, 3.8) is 0 Å². The van der Waals surface area contributed by atoms with Gasteiger partial charge in [0, 0.05) is 38.3 Å². The predicted molar refractivity (Wildman–Crippen MR) is 113 cm³/mol. The first-order chi connectivity index (χ1) is 14.6. The highest BCUT2D eigenvalue weighted by Crippen LogP contribution is 2.32. The maximum Gasteiger partial charge on any atom is 0.416 e. The zero-order valence-corrected chi connectivity index (χ0v) is 17.8. The number of hydrogen-bond acceptors (Lipinski definition) is 4. The van der Waals surface area contributed by atoms with E-state index in [1.165, 1.54) is 28.6 Å². The molecule has 0 bridgehead atoms. The number of alkyl halides is 3. The van der Waals surface area contributed by atoms with Crippen molar-refractivity contribution in [2.24, 2.45) is 0 Å². The Bertz CT molecular complexity index is 1070.